The molecule has 0 saturated carbocycles. The second-order valence-corrected chi connectivity index (χ2v) is 3.50. The van der Waals surface area contributed by atoms with Crippen LogP contribution in [0.1, 0.15) is 0 Å². The minimum Gasteiger partial charge on any atom is -0.438 e. The van der Waals surface area contributed by atoms with Crippen LogP contribution >= 0.6 is 15.9 Å². The Balaban J connectivity index is 2.60. The zero-order chi connectivity index (χ0) is 8.72. The van der Waals surface area contributed by atoms with Crippen LogP contribution in [0.2, 0.25) is 0 Å². The molecule has 62 valence electrons. The van der Waals surface area contributed by atoms with E-state index >= 15 is 0 Å². The summed E-state index contributed by atoms with van der Waals surface area (Å²) in [7, 11) is 1.93. The molecule has 0 unspecified atom stereocenters. The standard InChI is InChI=1S/C9H8BrNO/c1-6-11(2)8-5-3-4-7(10)9(8)12-6/h3-5H,1H2,2H3. The van der Waals surface area contributed by atoms with E-state index in [2.05, 4.69) is 22.5 Å². The lowest BCUT2D eigenvalue weighted by atomic mass is 10.3. The van der Waals surface area contributed by atoms with Crippen LogP contribution < -0.4 is 9.64 Å². The molecule has 0 aromatic heterocycles. The molecule has 1 heterocycles. The Morgan fingerprint density at radius 3 is 2.92 bits per heavy atom. The average molecular weight is 226 g/mol. The Hall–Kier alpha value is -0.960. The summed E-state index contributed by atoms with van der Waals surface area (Å²) in [5.41, 5.74) is 1.05. The van der Waals surface area contributed by atoms with E-state index in [1.807, 2.05) is 30.1 Å². The van der Waals surface area contributed by atoms with Gasteiger partial charge in [-0.15, -0.1) is 0 Å². The van der Waals surface area contributed by atoms with Gasteiger partial charge in [0.1, 0.15) is 0 Å². The lowest BCUT2D eigenvalue weighted by Gasteiger charge is -2.08. The number of benzene rings is 1. The first-order valence-corrected chi connectivity index (χ1v) is 4.38. The first kappa shape index (κ1) is 7.68. The summed E-state index contributed by atoms with van der Waals surface area (Å²) in [4.78, 5) is 1.92. The van der Waals surface area contributed by atoms with Gasteiger partial charge in [-0.25, -0.2) is 0 Å². The van der Waals surface area contributed by atoms with E-state index in [1.165, 1.54) is 0 Å². The molecule has 12 heavy (non-hydrogen) atoms. The van der Waals surface area contributed by atoms with Gasteiger partial charge in [0.25, 0.3) is 0 Å². The highest BCUT2D eigenvalue weighted by Crippen LogP contribution is 2.42. The van der Waals surface area contributed by atoms with Gasteiger partial charge in [0.2, 0.25) is 0 Å². The molecular weight excluding hydrogens is 218 g/mol. The lowest BCUT2D eigenvalue weighted by Crippen LogP contribution is -2.11. The zero-order valence-electron chi connectivity index (χ0n) is 6.67. The molecule has 1 aliphatic rings. The van der Waals surface area contributed by atoms with Crippen molar-refractivity contribution >= 4 is 21.6 Å². The van der Waals surface area contributed by atoms with Gasteiger partial charge in [0.05, 0.1) is 10.2 Å². The quantitative estimate of drug-likeness (QED) is 0.674. The maximum Gasteiger partial charge on any atom is 0.193 e. The molecule has 0 bridgehead atoms. The Labute approximate surface area is 79.6 Å². The van der Waals surface area contributed by atoms with E-state index in [1.54, 1.807) is 0 Å². The Morgan fingerprint density at radius 1 is 1.50 bits per heavy atom. The fourth-order valence-electron chi connectivity index (χ4n) is 1.18. The second-order valence-electron chi connectivity index (χ2n) is 2.64. The minimum absolute atomic E-state index is 0.664. The first-order valence-electron chi connectivity index (χ1n) is 3.59. The van der Waals surface area contributed by atoms with Crippen molar-refractivity contribution in [2.24, 2.45) is 0 Å². The summed E-state index contributed by atoms with van der Waals surface area (Å²) in [6, 6.07) is 5.92. The third kappa shape index (κ3) is 0.932. The summed E-state index contributed by atoms with van der Waals surface area (Å²) in [5, 5.41) is 0. The molecule has 0 amide bonds. The number of ether oxygens (including phenoxy) is 1. The molecule has 2 rings (SSSR count). The predicted molar refractivity (Wildman–Crippen MR) is 52.3 cm³/mol. The molecule has 0 fully saturated rings. The van der Waals surface area contributed by atoms with Crippen LogP contribution in [0.25, 0.3) is 0 Å². The summed E-state index contributed by atoms with van der Waals surface area (Å²) in [5.74, 6) is 1.52. The predicted octanol–water partition coefficient (Wildman–Crippen LogP) is 2.75. The van der Waals surface area contributed by atoms with Gasteiger partial charge >= 0.3 is 0 Å². The maximum absolute atomic E-state index is 5.43. The van der Waals surface area contributed by atoms with Crippen LogP contribution in [0.5, 0.6) is 5.75 Å². The van der Waals surface area contributed by atoms with Crippen LogP contribution in [0.4, 0.5) is 5.69 Å². The number of para-hydroxylation sites is 1. The monoisotopic (exact) mass is 225 g/mol. The molecule has 3 heteroatoms. The topological polar surface area (TPSA) is 12.5 Å². The Morgan fingerprint density at radius 2 is 2.25 bits per heavy atom. The van der Waals surface area contributed by atoms with Gasteiger partial charge in [-0.3, -0.25) is 0 Å². The van der Waals surface area contributed by atoms with Gasteiger partial charge in [0, 0.05) is 7.05 Å². The van der Waals surface area contributed by atoms with E-state index in [0.717, 1.165) is 15.9 Å². The number of hydrogen-bond acceptors (Lipinski definition) is 2. The number of anilines is 1. The van der Waals surface area contributed by atoms with Crippen LogP contribution in [0.15, 0.2) is 35.1 Å². The molecule has 1 aromatic carbocycles. The molecule has 0 aliphatic carbocycles. The van der Waals surface area contributed by atoms with E-state index in [0.29, 0.717) is 5.88 Å². The van der Waals surface area contributed by atoms with Crippen molar-refractivity contribution < 1.29 is 4.74 Å². The highest BCUT2D eigenvalue weighted by Gasteiger charge is 2.22. The van der Waals surface area contributed by atoms with Gasteiger partial charge < -0.3 is 9.64 Å². The second kappa shape index (κ2) is 2.52. The number of fused-ring (bicyclic) bond motifs is 1. The summed E-state index contributed by atoms with van der Waals surface area (Å²) < 4.78 is 6.40. The molecular formula is C9H8BrNO. The molecule has 0 saturated heterocycles. The van der Waals surface area contributed by atoms with Crippen LogP contribution in [-0.2, 0) is 0 Å². The van der Waals surface area contributed by atoms with E-state index in [9.17, 15) is 0 Å². The van der Waals surface area contributed by atoms with E-state index < -0.39 is 0 Å². The molecule has 0 N–H and O–H groups in total. The van der Waals surface area contributed by atoms with Crippen molar-refractivity contribution in [1.82, 2.24) is 0 Å². The Bertz CT molecular complexity index is 348. The average Bonchev–Trinajstić information content (AvgIpc) is 2.32. The molecule has 0 radical (unpaired) electrons. The van der Waals surface area contributed by atoms with Crippen molar-refractivity contribution in [1.29, 1.82) is 0 Å². The summed E-state index contributed by atoms with van der Waals surface area (Å²) in [6.45, 7) is 3.77. The molecule has 1 aliphatic heterocycles. The van der Waals surface area contributed by atoms with Crippen LogP contribution in [0, 0.1) is 0 Å². The minimum atomic E-state index is 0.664. The summed E-state index contributed by atoms with van der Waals surface area (Å²) in [6.07, 6.45) is 0. The number of nitrogens with zero attached hydrogens (tertiary/aromatic N) is 1. The fraction of sp³-hybridized carbons (Fsp3) is 0.111. The van der Waals surface area contributed by atoms with Crippen LogP contribution in [0.3, 0.4) is 0 Å². The Kier molecular flexibility index (Phi) is 1.61. The normalized spacial score (nSPS) is 14.5. The smallest absolute Gasteiger partial charge is 0.193 e. The highest BCUT2D eigenvalue weighted by molar-refractivity contribution is 9.10. The van der Waals surface area contributed by atoms with Gasteiger partial charge in [-0.05, 0) is 34.6 Å². The van der Waals surface area contributed by atoms with Gasteiger partial charge in [-0.1, -0.05) is 6.07 Å². The van der Waals surface area contributed by atoms with Crippen molar-refractivity contribution in [3.8, 4) is 5.75 Å². The zero-order valence-corrected chi connectivity index (χ0v) is 8.26. The third-order valence-corrected chi connectivity index (χ3v) is 2.53. The van der Waals surface area contributed by atoms with E-state index in [4.69, 9.17) is 4.74 Å². The first-order chi connectivity index (χ1) is 5.70. The number of rotatable bonds is 0. The highest BCUT2D eigenvalue weighted by atomic mass is 79.9. The molecule has 0 spiro atoms. The molecule has 0 atom stereocenters. The third-order valence-electron chi connectivity index (χ3n) is 1.90. The molecule has 2 nitrogen and oxygen atoms in total. The van der Waals surface area contributed by atoms with Crippen molar-refractivity contribution in [3.05, 3.63) is 35.1 Å². The van der Waals surface area contributed by atoms with Gasteiger partial charge in [-0.2, -0.15) is 0 Å². The fourth-order valence-corrected chi connectivity index (χ4v) is 1.62. The van der Waals surface area contributed by atoms with Crippen LogP contribution in [-0.4, -0.2) is 7.05 Å². The SMILES string of the molecule is C=C1Oc2c(Br)cccc2N1C. The summed E-state index contributed by atoms with van der Waals surface area (Å²) >= 11 is 3.41. The number of hydrogen-bond donors (Lipinski definition) is 0. The molecule has 1 aromatic rings. The largest absolute Gasteiger partial charge is 0.438 e. The van der Waals surface area contributed by atoms with Crippen molar-refractivity contribution in [3.63, 3.8) is 0 Å². The maximum atomic E-state index is 5.43. The van der Waals surface area contributed by atoms with Crippen molar-refractivity contribution in [2.75, 3.05) is 11.9 Å². The van der Waals surface area contributed by atoms with Crippen molar-refractivity contribution in [2.45, 2.75) is 0 Å². The number of halogens is 1. The van der Waals surface area contributed by atoms with Gasteiger partial charge in [0.15, 0.2) is 11.6 Å². The van der Waals surface area contributed by atoms with E-state index in [-0.39, 0.29) is 0 Å². The lowest BCUT2D eigenvalue weighted by molar-refractivity contribution is 0.444.